The van der Waals surface area contributed by atoms with Gasteiger partial charge in [-0.25, -0.2) is 9.97 Å². The maximum absolute atomic E-state index is 5.72. The molecule has 0 aliphatic carbocycles. The molecule has 0 aliphatic rings. The third kappa shape index (κ3) is 3.69. The number of aromatic nitrogens is 2. The molecule has 0 aliphatic heterocycles. The Kier molecular flexibility index (Phi) is 6.61. The van der Waals surface area contributed by atoms with Crippen LogP contribution in [0.1, 0.15) is 12.2 Å². The van der Waals surface area contributed by atoms with E-state index >= 15 is 0 Å². The molecule has 0 spiro atoms. The Balaban J connectivity index is 0.00000169. The number of hydrogen-bond acceptors (Lipinski definition) is 4. The highest BCUT2D eigenvalue weighted by atomic mass is 35.5. The fourth-order valence-electron chi connectivity index (χ4n) is 0.806. The van der Waals surface area contributed by atoms with Crippen LogP contribution in [0.5, 0.6) is 0 Å². The zero-order valence-corrected chi connectivity index (χ0v) is 10.4. The van der Waals surface area contributed by atoms with E-state index in [1.54, 1.807) is 0 Å². The molecule has 0 saturated heterocycles. The minimum Gasteiger partial charge on any atom is -0.394 e. The van der Waals surface area contributed by atoms with Gasteiger partial charge in [-0.1, -0.05) is 23.2 Å². The predicted molar refractivity (Wildman–Crippen MR) is 65.9 cm³/mol. The lowest BCUT2D eigenvalue weighted by Gasteiger charge is -2.02. The van der Waals surface area contributed by atoms with Crippen LogP contribution in [-0.2, 0) is 6.42 Å². The first kappa shape index (κ1) is 14.1. The highest BCUT2D eigenvalue weighted by molar-refractivity contribution is 7.80. The van der Waals surface area contributed by atoms with Gasteiger partial charge in [-0.05, 0) is 12.2 Å². The summed E-state index contributed by atoms with van der Waals surface area (Å²) < 4.78 is 0. The van der Waals surface area contributed by atoms with Gasteiger partial charge in [-0.3, -0.25) is 0 Å². The van der Waals surface area contributed by atoms with E-state index in [0.717, 1.165) is 12.2 Å². The summed E-state index contributed by atoms with van der Waals surface area (Å²) in [6, 6.07) is 0. The van der Waals surface area contributed by atoms with Crippen molar-refractivity contribution in [3.05, 3.63) is 16.1 Å². The van der Waals surface area contributed by atoms with Gasteiger partial charge in [-0.15, -0.1) is 12.4 Å². The van der Waals surface area contributed by atoms with Gasteiger partial charge in [0.25, 0.3) is 0 Å². The molecular weight excluding hydrogens is 265 g/mol. The van der Waals surface area contributed by atoms with Crippen LogP contribution >= 0.6 is 48.2 Å². The zero-order chi connectivity index (χ0) is 9.84. The van der Waals surface area contributed by atoms with E-state index in [2.05, 4.69) is 22.6 Å². The minimum atomic E-state index is 0. The second-order valence-corrected chi connectivity index (χ2v) is 3.63. The maximum Gasteiger partial charge on any atom is 0.157 e. The smallest absolute Gasteiger partial charge is 0.157 e. The first-order valence-corrected chi connectivity index (χ1v) is 5.12. The molecule has 0 fully saturated rings. The summed E-state index contributed by atoms with van der Waals surface area (Å²) in [4.78, 5) is 7.96. The Hall–Kier alpha value is 0.1000. The van der Waals surface area contributed by atoms with Crippen LogP contribution in [0.2, 0.25) is 10.3 Å². The summed E-state index contributed by atoms with van der Waals surface area (Å²) in [7, 11) is 0. The summed E-state index contributed by atoms with van der Waals surface area (Å²) in [5.41, 5.74) is 5.71. The normalized spacial score (nSPS) is 9.64. The third-order valence-electron chi connectivity index (χ3n) is 1.46. The molecular formula is C7H10Cl3N3S. The molecule has 0 aromatic carbocycles. The summed E-state index contributed by atoms with van der Waals surface area (Å²) in [5, 5.41) is 0.434. The number of aryl methyl sites for hydroxylation is 1. The molecule has 80 valence electrons. The molecule has 1 aromatic rings. The molecule has 0 atom stereocenters. The number of anilines is 1. The average Bonchev–Trinajstić information content (AvgIpc) is 2.10. The number of thiol groups is 1. The largest absolute Gasteiger partial charge is 0.394 e. The summed E-state index contributed by atoms with van der Waals surface area (Å²) in [6.45, 7) is 0. The van der Waals surface area contributed by atoms with Gasteiger partial charge in [0.15, 0.2) is 10.3 Å². The molecule has 14 heavy (non-hydrogen) atoms. The van der Waals surface area contributed by atoms with Crippen molar-refractivity contribution in [1.29, 1.82) is 0 Å². The van der Waals surface area contributed by atoms with Crippen LogP contribution in [0, 0.1) is 0 Å². The van der Waals surface area contributed by atoms with Gasteiger partial charge < -0.3 is 5.73 Å². The first-order chi connectivity index (χ1) is 6.15. The number of nitrogen functional groups attached to an aromatic ring is 1. The monoisotopic (exact) mass is 273 g/mol. The molecule has 0 radical (unpaired) electrons. The summed E-state index contributed by atoms with van der Waals surface area (Å²) in [5.74, 6) is 1.39. The Morgan fingerprint density at radius 1 is 1.21 bits per heavy atom. The first-order valence-electron chi connectivity index (χ1n) is 3.73. The van der Waals surface area contributed by atoms with Crippen LogP contribution < -0.4 is 5.73 Å². The Bertz CT molecular complexity index is 285. The Morgan fingerprint density at radius 3 is 2.14 bits per heavy atom. The number of nitrogens with two attached hydrogens (primary N) is 1. The molecule has 0 unspecified atom stereocenters. The van der Waals surface area contributed by atoms with Crippen LogP contribution in [0.4, 0.5) is 5.69 Å². The predicted octanol–water partition coefficient (Wildman–Crippen LogP) is 2.65. The van der Waals surface area contributed by atoms with Crippen molar-refractivity contribution >= 4 is 53.9 Å². The molecule has 0 saturated carbocycles. The second kappa shape index (κ2) is 6.56. The van der Waals surface area contributed by atoms with Crippen molar-refractivity contribution in [2.45, 2.75) is 12.8 Å². The Morgan fingerprint density at radius 2 is 1.71 bits per heavy atom. The SMILES string of the molecule is Cl.Nc1c(Cl)nc(CCCS)nc1Cl. The minimum absolute atomic E-state index is 0. The van der Waals surface area contributed by atoms with Crippen molar-refractivity contribution < 1.29 is 0 Å². The van der Waals surface area contributed by atoms with E-state index in [1.807, 2.05) is 0 Å². The molecule has 0 amide bonds. The van der Waals surface area contributed by atoms with Gasteiger partial charge >= 0.3 is 0 Å². The number of halogens is 3. The van der Waals surface area contributed by atoms with Crippen LogP contribution in [0.15, 0.2) is 0 Å². The van der Waals surface area contributed by atoms with Gasteiger partial charge in [0.05, 0.1) is 0 Å². The third-order valence-corrected chi connectivity index (χ3v) is 2.35. The molecule has 3 nitrogen and oxygen atoms in total. The average molecular weight is 275 g/mol. The van der Waals surface area contributed by atoms with E-state index in [9.17, 15) is 0 Å². The van der Waals surface area contributed by atoms with Crippen LogP contribution in [-0.4, -0.2) is 15.7 Å². The molecule has 2 N–H and O–H groups in total. The van der Waals surface area contributed by atoms with Crippen molar-refractivity contribution in [3.8, 4) is 0 Å². The molecule has 1 aromatic heterocycles. The standard InChI is InChI=1S/C7H9Cl2N3S.ClH/c8-6-5(10)7(9)12-4(11-6)2-1-3-13;/h13H,1-3,10H2;1H. The lowest BCUT2D eigenvalue weighted by molar-refractivity contribution is 0.844. The van der Waals surface area contributed by atoms with Crippen LogP contribution in [0.25, 0.3) is 0 Å². The number of nitrogens with zero attached hydrogens (tertiary/aromatic N) is 2. The fraction of sp³-hybridized carbons (Fsp3) is 0.429. The van der Waals surface area contributed by atoms with Gasteiger partial charge in [0, 0.05) is 6.42 Å². The van der Waals surface area contributed by atoms with E-state index in [4.69, 9.17) is 28.9 Å². The molecule has 1 heterocycles. The number of rotatable bonds is 3. The van der Waals surface area contributed by atoms with E-state index < -0.39 is 0 Å². The summed E-state index contributed by atoms with van der Waals surface area (Å²) in [6.07, 6.45) is 1.60. The number of hydrogen-bond donors (Lipinski definition) is 2. The lowest BCUT2D eigenvalue weighted by Crippen LogP contribution is -2.00. The topological polar surface area (TPSA) is 51.8 Å². The molecule has 0 bridgehead atoms. The molecule has 7 heteroatoms. The van der Waals surface area contributed by atoms with Crippen molar-refractivity contribution in [2.75, 3.05) is 11.5 Å². The second-order valence-electron chi connectivity index (χ2n) is 2.46. The quantitative estimate of drug-likeness (QED) is 0.658. The zero-order valence-electron chi connectivity index (χ0n) is 7.20. The van der Waals surface area contributed by atoms with Crippen LogP contribution in [0.3, 0.4) is 0 Å². The van der Waals surface area contributed by atoms with Gasteiger partial charge in [0.1, 0.15) is 11.5 Å². The van der Waals surface area contributed by atoms with E-state index in [0.29, 0.717) is 12.2 Å². The van der Waals surface area contributed by atoms with Crippen molar-refractivity contribution in [1.82, 2.24) is 9.97 Å². The highest BCUT2D eigenvalue weighted by Gasteiger charge is 2.07. The van der Waals surface area contributed by atoms with Crippen molar-refractivity contribution in [2.24, 2.45) is 0 Å². The fourth-order valence-corrected chi connectivity index (χ4v) is 1.39. The Labute approximate surface area is 104 Å². The lowest BCUT2D eigenvalue weighted by atomic mass is 10.3. The van der Waals surface area contributed by atoms with E-state index in [-0.39, 0.29) is 28.4 Å². The highest BCUT2D eigenvalue weighted by Crippen LogP contribution is 2.23. The maximum atomic E-state index is 5.72. The van der Waals surface area contributed by atoms with Gasteiger partial charge in [0.2, 0.25) is 0 Å². The van der Waals surface area contributed by atoms with Crippen molar-refractivity contribution in [3.63, 3.8) is 0 Å². The summed E-state index contributed by atoms with van der Waals surface area (Å²) >= 11 is 15.5. The molecule has 1 rings (SSSR count). The van der Waals surface area contributed by atoms with Gasteiger partial charge in [-0.2, -0.15) is 12.6 Å². The van der Waals surface area contributed by atoms with E-state index in [1.165, 1.54) is 0 Å².